The van der Waals surface area contributed by atoms with Crippen molar-refractivity contribution in [3.8, 4) is 0 Å². The number of unbranched alkanes of at least 4 members (excludes halogenated alkanes) is 1. The van der Waals surface area contributed by atoms with Crippen molar-refractivity contribution in [2.24, 2.45) is 0 Å². The van der Waals surface area contributed by atoms with E-state index in [0.29, 0.717) is 5.82 Å². The highest BCUT2D eigenvalue weighted by atomic mass is 35.5. The first-order valence-electron chi connectivity index (χ1n) is 11.6. The van der Waals surface area contributed by atoms with Crippen LogP contribution in [0.25, 0.3) is 0 Å². The van der Waals surface area contributed by atoms with Crippen LogP contribution in [0.1, 0.15) is 43.6 Å². The van der Waals surface area contributed by atoms with Crippen LogP contribution in [0.2, 0.25) is 0 Å². The third kappa shape index (κ3) is 6.14. The third-order valence-corrected chi connectivity index (χ3v) is 7.81. The molecule has 0 aliphatic carbocycles. The molecule has 1 saturated heterocycles. The van der Waals surface area contributed by atoms with E-state index < -0.39 is 9.84 Å². The molecule has 0 saturated carbocycles. The van der Waals surface area contributed by atoms with Gasteiger partial charge in [-0.2, -0.15) is 0 Å². The lowest BCUT2D eigenvalue weighted by Crippen LogP contribution is -2.48. The Morgan fingerprint density at radius 2 is 1.65 bits per heavy atom. The van der Waals surface area contributed by atoms with E-state index in [2.05, 4.69) is 56.5 Å². The second kappa shape index (κ2) is 11.8. The van der Waals surface area contributed by atoms with Gasteiger partial charge in [-0.25, -0.2) is 13.1 Å². The van der Waals surface area contributed by atoms with Gasteiger partial charge in [-0.15, -0.1) is 17.5 Å². The lowest BCUT2D eigenvalue weighted by molar-refractivity contribution is 0.163. The highest BCUT2D eigenvalue weighted by Crippen LogP contribution is 2.28. The average Bonchev–Trinajstić information content (AvgIpc) is 3.27. The van der Waals surface area contributed by atoms with Crippen LogP contribution >= 0.6 is 12.4 Å². The second-order valence-electron chi connectivity index (χ2n) is 8.61. The largest absolute Gasteiger partial charge is 0.369 e. The van der Waals surface area contributed by atoms with Crippen LogP contribution in [0, 0.1) is 6.92 Å². The molecular weight excluding hydrogens is 472 g/mol. The third-order valence-electron chi connectivity index (χ3n) is 6.24. The maximum Gasteiger partial charge on any atom is 0.198 e. The zero-order chi connectivity index (χ0) is 23.3. The molecule has 1 aromatic heterocycles. The summed E-state index contributed by atoms with van der Waals surface area (Å²) in [4.78, 5) is 5.07. The molecular formula is C24H33ClN6O2S. The standard InChI is InChI=1S/C24H32N6O2S.ClH/c1-3-4-10-23(29-17-15-28(16-18-29)21-8-6-5-7-9-21)24-25-26-27-30(24)19-33(31,32)22-13-11-20(2)12-14-22;/h5-9,11-14,23H,3-4,10,15-19H2,1-2H3;1H. The molecule has 4 rings (SSSR count). The van der Waals surface area contributed by atoms with Gasteiger partial charge in [0.15, 0.2) is 21.5 Å². The summed E-state index contributed by atoms with van der Waals surface area (Å²) in [5, 5.41) is 12.2. The van der Waals surface area contributed by atoms with E-state index in [9.17, 15) is 8.42 Å². The van der Waals surface area contributed by atoms with Crippen LogP contribution in [0.15, 0.2) is 59.5 Å². The summed E-state index contributed by atoms with van der Waals surface area (Å²) >= 11 is 0. The Kier molecular flexibility index (Phi) is 9.04. The average molecular weight is 505 g/mol. The smallest absolute Gasteiger partial charge is 0.198 e. The van der Waals surface area contributed by atoms with Crippen molar-refractivity contribution in [2.45, 2.75) is 49.9 Å². The van der Waals surface area contributed by atoms with E-state index in [1.165, 1.54) is 10.4 Å². The fourth-order valence-corrected chi connectivity index (χ4v) is 5.53. The first-order valence-corrected chi connectivity index (χ1v) is 13.2. The first kappa shape index (κ1) is 26.1. The number of aromatic nitrogens is 4. The van der Waals surface area contributed by atoms with E-state index in [1.807, 2.05) is 25.1 Å². The number of nitrogens with zero attached hydrogens (tertiary/aromatic N) is 6. The lowest BCUT2D eigenvalue weighted by Gasteiger charge is -2.39. The summed E-state index contributed by atoms with van der Waals surface area (Å²) in [7, 11) is -3.56. The minimum atomic E-state index is -3.56. The summed E-state index contributed by atoms with van der Waals surface area (Å²) in [6, 6.07) is 17.3. The van der Waals surface area contributed by atoms with Gasteiger partial charge in [0.25, 0.3) is 0 Å². The van der Waals surface area contributed by atoms with Gasteiger partial charge in [0.05, 0.1) is 10.9 Å². The number of tetrazole rings is 1. The molecule has 2 aromatic carbocycles. The Morgan fingerprint density at radius 3 is 2.29 bits per heavy atom. The van der Waals surface area contributed by atoms with Gasteiger partial charge in [0.2, 0.25) is 0 Å². The second-order valence-corrected chi connectivity index (χ2v) is 10.6. The predicted molar refractivity (Wildman–Crippen MR) is 136 cm³/mol. The van der Waals surface area contributed by atoms with Gasteiger partial charge in [-0.1, -0.05) is 55.7 Å². The Labute approximate surface area is 208 Å². The number of anilines is 1. The van der Waals surface area contributed by atoms with Crippen LogP contribution in [0.5, 0.6) is 0 Å². The Hall–Kier alpha value is -2.49. The lowest BCUT2D eigenvalue weighted by atomic mass is 10.1. The number of sulfone groups is 1. The number of hydrogen-bond acceptors (Lipinski definition) is 7. The summed E-state index contributed by atoms with van der Waals surface area (Å²) in [5.41, 5.74) is 2.25. The van der Waals surface area contributed by atoms with Crippen LogP contribution in [-0.4, -0.2) is 59.7 Å². The SMILES string of the molecule is CCCCC(c1nnnn1CS(=O)(=O)c1ccc(C)cc1)N1CCN(c2ccccc2)CC1.Cl. The quantitative estimate of drug-likeness (QED) is 0.437. The highest BCUT2D eigenvalue weighted by Gasteiger charge is 2.30. The fraction of sp³-hybridized carbons (Fsp3) is 0.458. The molecule has 34 heavy (non-hydrogen) atoms. The first-order chi connectivity index (χ1) is 16.0. The highest BCUT2D eigenvalue weighted by molar-refractivity contribution is 7.90. The van der Waals surface area contributed by atoms with Crippen molar-refractivity contribution >= 4 is 27.9 Å². The maximum absolute atomic E-state index is 13.0. The van der Waals surface area contributed by atoms with Crippen molar-refractivity contribution in [1.29, 1.82) is 0 Å². The minimum Gasteiger partial charge on any atom is -0.369 e. The minimum absolute atomic E-state index is 0. The zero-order valence-electron chi connectivity index (χ0n) is 19.7. The number of hydrogen-bond donors (Lipinski definition) is 0. The Balaban J connectivity index is 0.00000324. The predicted octanol–water partition coefficient (Wildman–Crippen LogP) is 3.89. The van der Waals surface area contributed by atoms with Crippen LogP contribution in [0.3, 0.4) is 0 Å². The molecule has 0 radical (unpaired) electrons. The van der Waals surface area contributed by atoms with E-state index in [0.717, 1.165) is 51.0 Å². The van der Waals surface area contributed by atoms with Crippen LogP contribution in [0.4, 0.5) is 5.69 Å². The molecule has 0 bridgehead atoms. The van der Waals surface area contributed by atoms with Gasteiger partial charge in [0.1, 0.15) is 0 Å². The normalized spacial score (nSPS) is 15.6. The molecule has 1 unspecified atom stereocenters. The van der Waals surface area contributed by atoms with Crippen LogP contribution in [-0.2, 0) is 15.7 Å². The van der Waals surface area contributed by atoms with Crippen molar-refractivity contribution in [3.63, 3.8) is 0 Å². The van der Waals surface area contributed by atoms with Gasteiger partial charge >= 0.3 is 0 Å². The van der Waals surface area contributed by atoms with E-state index in [1.54, 1.807) is 12.1 Å². The maximum atomic E-state index is 13.0. The Bertz CT molecular complexity index is 1130. The summed E-state index contributed by atoms with van der Waals surface area (Å²) in [5.74, 6) is 0.373. The molecule has 0 spiro atoms. The topological polar surface area (TPSA) is 84.2 Å². The number of aryl methyl sites for hydroxylation is 1. The molecule has 2 heterocycles. The molecule has 1 fully saturated rings. The van der Waals surface area contributed by atoms with Gasteiger partial charge in [-0.05, 0) is 48.0 Å². The number of para-hydroxylation sites is 1. The molecule has 1 atom stereocenters. The molecule has 8 nitrogen and oxygen atoms in total. The number of rotatable bonds is 9. The van der Waals surface area contributed by atoms with Crippen molar-refractivity contribution in [3.05, 3.63) is 66.0 Å². The summed E-state index contributed by atoms with van der Waals surface area (Å²) in [6.07, 6.45) is 2.98. The number of halogens is 1. The fourth-order valence-electron chi connectivity index (χ4n) is 4.33. The Morgan fingerprint density at radius 1 is 0.971 bits per heavy atom. The van der Waals surface area contributed by atoms with Gasteiger partial charge in [0, 0.05) is 31.9 Å². The summed E-state index contributed by atoms with van der Waals surface area (Å²) in [6.45, 7) is 7.67. The molecule has 1 aliphatic heterocycles. The monoisotopic (exact) mass is 504 g/mol. The number of benzene rings is 2. The van der Waals surface area contributed by atoms with Crippen LogP contribution < -0.4 is 4.90 Å². The van der Waals surface area contributed by atoms with Gasteiger partial charge in [-0.3, -0.25) is 4.90 Å². The van der Waals surface area contributed by atoms with Crippen molar-refractivity contribution in [1.82, 2.24) is 25.1 Å². The van der Waals surface area contributed by atoms with E-state index >= 15 is 0 Å². The van der Waals surface area contributed by atoms with E-state index in [-0.39, 0.29) is 29.2 Å². The van der Waals surface area contributed by atoms with Crippen molar-refractivity contribution in [2.75, 3.05) is 31.1 Å². The number of piperazine rings is 1. The van der Waals surface area contributed by atoms with Crippen molar-refractivity contribution < 1.29 is 8.42 Å². The molecule has 1 aliphatic rings. The van der Waals surface area contributed by atoms with Gasteiger partial charge < -0.3 is 4.90 Å². The summed E-state index contributed by atoms with van der Waals surface area (Å²) < 4.78 is 27.5. The molecule has 0 N–H and O–H groups in total. The molecule has 3 aromatic rings. The molecule has 0 amide bonds. The zero-order valence-corrected chi connectivity index (χ0v) is 21.4. The molecule has 184 valence electrons. The molecule has 10 heteroatoms. The van der Waals surface area contributed by atoms with E-state index in [4.69, 9.17) is 0 Å².